The van der Waals surface area contributed by atoms with Crippen LogP contribution in [0, 0.1) is 6.92 Å². The number of carbonyl (C=O) groups is 3. The number of anilines is 1. The molecule has 1 aromatic carbocycles. The molecule has 1 N–H and O–H groups in total. The fourth-order valence-corrected chi connectivity index (χ4v) is 4.31. The molecule has 9 heteroatoms. The van der Waals surface area contributed by atoms with Crippen molar-refractivity contribution in [3.8, 4) is 10.4 Å². The van der Waals surface area contributed by atoms with Crippen molar-refractivity contribution in [2.45, 2.75) is 26.9 Å². The van der Waals surface area contributed by atoms with Crippen LogP contribution in [0.3, 0.4) is 0 Å². The second-order valence-corrected chi connectivity index (χ2v) is 8.15. The number of amides is 1. The number of hydrogen-bond acceptors (Lipinski definition) is 8. The predicted molar refractivity (Wildman–Crippen MR) is 116 cm³/mol. The van der Waals surface area contributed by atoms with Crippen LogP contribution in [0.4, 0.5) is 5.00 Å². The Bertz CT molecular complexity index is 1060. The number of thiophene rings is 1. The maximum absolute atomic E-state index is 12.6. The average Bonchev–Trinajstić information content (AvgIpc) is 3.35. The van der Waals surface area contributed by atoms with Gasteiger partial charge in [-0.05, 0) is 32.4 Å². The molecule has 0 saturated carbocycles. The van der Waals surface area contributed by atoms with Crippen LogP contribution in [0.1, 0.15) is 39.6 Å². The molecule has 0 spiro atoms. The van der Waals surface area contributed by atoms with Crippen LogP contribution in [-0.2, 0) is 14.3 Å². The molecule has 30 heavy (non-hydrogen) atoms. The fraction of sp³-hybridized carbons (Fsp3) is 0.238. The smallest absolute Gasteiger partial charge is 0.351 e. The number of aromatic nitrogens is 1. The Labute approximate surface area is 181 Å². The Morgan fingerprint density at radius 3 is 2.53 bits per heavy atom. The van der Waals surface area contributed by atoms with Crippen molar-refractivity contribution in [1.82, 2.24) is 4.98 Å². The van der Waals surface area contributed by atoms with Crippen molar-refractivity contribution >= 4 is 45.5 Å². The van der Waals surface area contributed by atoms with E-state index >= 15 is 0 Å². The number of hydrogen-bond donors (Lipinski definition) is 1. The molecule has 1 atom stereocenters. The summed E-state index contributed by atoms with van der Waals surface area (Å²) < 4.78 is 10.4. The van der Waals surface area contributed by atoms with E-state index in [-0.39, 0.29) is 12.2 Å². The molecule has 1 unspecified atom stereocenters. The second-order valence-electron chi connectivity index (χ2n) is 6.24. The third kappa shape index (κ3) is 4.92. The number of thiazole rings is 1. The number of nitrogens with one attached hydrogen (secondary N) is 1. The molecular formula is C21H20N2O5S2. The molecule has 0 aliphatic carbocycles. The normalized spacial score (nSPS) is 11.6. The van der Waals surface area contributed by atoms with E-state index in [1.807, 2.05) is 30.3 Å². The van der Waals surface area contributed by atoms with Gasteiger partial charge in [0.1, 0.15) is 9.88 Å². The number of ether oxygens (including phenoxy) is 2. The highest BCUT2D eigenvalue weighted by Gasteiger charge is 2.25. The molecular weight excluding hydrogens is 424 g/mol. The van der Waals surface area contributed by atoms with E-state index in [0.717, 1.165) is 21.8 Å². The molecule has 2 aromatic heterocycles. The molecule has 7 nitrogen and oxygen atoms in total. The van der Waals surface area contributed by atoms with E-state index in [1.54, 1.807) is 25.4 Å². The lowest BCUT2D eigenvalue weighted by molar-refractivity contribution is -0.123. The highest BCUT2D eigenvalue weighted by Crippen LogP contribution is 2.36. The largest absolute Gasteiger partial charge is 0.462 e. The first kappa shape index (κ1) is 21.7. The van der Waals surface area contributed by atoms with Crippen molar-refractivity contribution < 1.29 is 23.9 Å². The van der Waals surface area contributed by atoms with Crippen LogP contribution in [0.15, 0.2) is 41.9 Å². The quantitative estimate of drug-likeness (QED) is 0.538. The summed E-state index contributed by atoms with van der Waals surface area (Å²) in [6.07, 6.45) is -1.06. The van der Waals surface area contributed by atoms with Crippen LogP contribution in [0.2, 0.25) is 0 Å². The average molecular weight is 445 g/mol. The zero-order chi connectivity index (χ0) is 21.7. The number of aryl methyl sites for hydroxylation is 1. The van der Waals surface area contributed by atoms with E-state index < -0.39 is 23.9 Å². The van der Waals surface area contributed by atoms with E-state index in [0.29, 0.717) is 15.6 Å². The van der Waals surface area contributed by atoms with Crippen molar-refractivity contribution in [3.05, 3.63) is 58.0 Å². The van der Waals surface area contributed by atoms with Crippen LogP contribution >= 0.6 is 22.7 Å². The monoisotopic (exact) mass is 444 g/mol. The van der Waals surface area contributed by atoms with Gasteiger partial charge in [0, 0.05) is 4.88 Å². The van der Waals surface area contributed by atoms with Gasteiger partial charge in [-0.25, -0.2) is 14.6 Å². The maximum atomic E-state index is 12.6. The number of carbonyl (C=O) groups excluding carboxylic acids is 3. The number of rotatable bonds is 7. The molecule has 0 fully saturated rings. The van der Waals surface area contributed by atoms with Gasteiger partial charge in [-0.3, -0.25) is 4.79 Å². The van der Waals surface area contributed by atoms with Crippen molar-refractivity contribution in [2.75, 3.05) is 11.9 Å². The van der Waals surface area contributed by atoms with Crippen LogP contribution < -0.4 is 5.32 Å². The highest BCUT2D eigenvalue weighted by molar-refractivity contribution is 7.20. The zero-order valence-corrected chi connectivity index (χ0v) is 18.3. The minimum absolute atomic E-state index is 0.213. The summed E-state index contributed by atoms with van der Waals surface area (Å²) in [7, 11) is 0. The minimum Gasteiger partial charge on any atom is -0.462 e. The summed E-state index contributed by atoms with van der Waals surface area (Å²) in [5.41, 5.74) is 3.26. The first-order chi connectivity index (χ1) is 14.4. The van der Waals surface area contributed by atoms with Crippen LogP contribution in [0.25, 0.3) is 10.4 Å². The van der Waals surface area contributed by atoms with E-state index in [1.165, 1.54) is 18.3 Å². The van der Waals surface area contributed by atoms with Crippen molar-refractivity contribution in [1.29, 1.82) is 0 Å². The summed E-state index contributed by atoms with van der Waals surface area (Å²) in [5, 5.41) is 3.04. The van der Waals surface area contributed by atoms with Gasteiger partial charge < -0.3 is 14.8 Å². The van der Waals surface area contributed by atoms with Gasteiger partial charge in [-0.2, -0.15) is 0 Å². The highest BCUT2D eigenvalue weighted by atomic mass is 32.1. The van der Waals surface area contributed by atoms with Crippen molar-refractivity contribution in [3.63, 3.8) is 0 Å². The molecule has 3 aromatic rings. The van der Waals surface area contributed by atoms with E-state index in [9.17, 15) is 14.4 Å². The Morgan fingerprint density at radius 2 is 1.90 bits per heavy atom. The molecule has 156 valence electrons. The lowest BCUT2D eigenvalue weighted by Gasteiger charge is -2.13. The van der Waals surface area contributed by atoms with Gasteiger partial charge in [0.15, 0.2) is 6.10 Å². The molecule has 0 aliphatic rings. The molecule has 0 radical (unpaired) electrons. The predicted octanol–water partition coefficient (Wildman–Crippen LogP) is 4.54. The lowest BCUT2D eigenvalue weighted by atomic mass is 10.1. The molecule has 0 aliphatic heterocycles. The summed E-state index contributed by atoms with van der Waals surface area (Å²) in [5.74, 6) is -1.69. The standard InChI is InChI=1S/C21H20N2O5S2/c1-4-27-20(25)15-10-16(14-8-6-5-7-9-14)30-19(15)23-18(24)13(3)28-21(26)17-12(2)22-11-29-17/h5-11,13H,4H2,1-3H3,(H,23,24). The molecule has 2 heterocycles. The van der Waals surface area contributed by atoms with Gasteiger partial charge in [-0.15, -0.1) is 22.7 Å². The number of benzene rings is 1. The fourth-order valence-electron chi connectivity index (χ4n) is 2.57. The Balaban J connectivity index is 1.79. The SMILES string of the molecule is CCOC(=O)c1cc(-c2ccccc2)sc1NC(=O)C(C)OC(=O)c1scnc1C. The molecule has 3 rings (SSSR count). The summed E-state index contributed by atoms with van der Waals surface area (Å²) in [6.45, 7) is 5.09. The Morgan fingerprint density at radius 1 is 1.17 bits per heavy atom. The first-order valence-corrected chi connectivity index (χ1v) is 10.9. The second kappa shape index (κ2) is 9.64. The first-order valence-electron chi connectivity index (χ1n) is 9.19. The van der Waals surface area contributed by atoms with Gasteiger partial charge in [0.05, 0.1) is 23.4 Å². The van der Waals surface area contributed by atoms with E-state index in [2.05, 4.69) is 10.3 Å². The topological polar surface area (TPSA) is 94.6 Å². The minimum atomic E-state index is -1.06. The Hall–Kier alpha value is -3.04. The Kier molecular flexibility index (Phi) is 6.96. The van der Waals surface area contributed by atoms with Gasteiger partial charge >= 0.3 is 11.9 Å². The lowest BCUT2D eigenvalue weighted by Crippen LogP contribution is -2.30. The third-order valence-corrected chi connectivity index (χ3v) is 6.11. The van der Waals surface area contributed by atoms with Crippen molar-refractivity contribution in [2.24, 2.45) is 0 Å². The number of esters is 2. The van der Waals surface area contributed by atoms with Crippen LogP contribution in [0.5, 0.6) is 0 Å². The van der Waals surface area contributed by atoms with E-state index in [4.69, 9.17) is 9.47 Å². The molecule has 1 amide bonds. The van der Waals surface area contributed by atoms with Gasteiger partial charge in [-0.1, -0.05) is 30.3 Å². The van der Waals surface area contributed by atoms with Crippen LogP contribution in [-0.4, -0.2) is 35.5 Å². The van der Waals surface area contributed by atoms with Gasteiger partial charge in [0.2, 0.25) is 0 Å². The summed E-state index contributed by atoms with van der Waals surface area (Å²) in [6, 6.07) is 11.2. The molecule has 0 bridgehead atoms. The maximum Gasteiger partial charge on any atom is 0.351 e. The van der Waals surface area contributed by atoms with Gasteiger partial charge in [0.25, 0.3) is 5.91 Å². The third-order valence-electron chi connectivity index (χ3n) is 4.11. The molecule has 0 saturated heterocycles. The number of nitrogens with zero attached hydrogens (tertiary/aromatic N) is 1. The summed E-state index contributed by atoms with van der Waals surface area (Å²) in [4.78, 5) is 42.4. The summed E-state index contributed by atoms with van der Waals surface area (Å²) >= 11 is 2.40. The zero-order valence-electron chi connectivity index (χ0n) is 16.6.